The van der Waals surface area contributed by atoms with E-state index < -0.39 is 0 Å². The minimum Gasteiger partial charge on any atom is -0.399 e. The highest BCUT2D eigenvalue weighted by Gasteiger charge is 2.29. The van der Waals surface area contributed by atoms with Crippen LogP contribution in [0.15, 0.2) is 18.2 Å². The van der Waals surface area contributed by atoms with Gasteiger partial charge < -0.3 is 15.7 Å². The summed E-state index contributed by atoms with van der Waals surface area (Å²) in [4.78, 5) is 13.6. The van der Waals surface area contributed by atoms with E-state index in [0.717, 1.165) is 16.6 Å². The van der Waals surface area contributed by atoms with Crippen molar-refractivity contribution in [1.82, 2.24) is 0 Å². The second kappa shape index (κ2) is 5.06. The lowest BCUT2D eigenvalue weighted by atomic mass is 10.1. The van der Waals surface area contributed by atoms with E-state index in [-0.39, 0.29) is 12.5 Å². The summed E-state index contributed by atoms with van der Waals surface area (Å²) in [6, 6.07) is 5.30. The standard InChI is InChI=1S/C12H15BrN2O2/c13-5-9-3-12(17)15(6-9)11-2-8(7-16)1-10(14)4-11/h1-2,4,9,16H,3,5-7,14H2. The van der Waals surface area contributed by atoms with Gasteiger partial charge in [0.25, 0.3) is 0 Å². The van der Waals surface area contributed by atoms with E-state index >= 15 is 0 Å². The highest BCUT2D eigenvalue weighted by atomic mass is 79.9. The van der Waals surface area contributed by atoms with Crippen molar-refractivity contribution in [3.05, 3.63) is 23.8 Å². The molecule has 92 valence electrons. The van der Waals surface area contributed by atoms with Crippen LogP contribution in [0.2, 0.25) is 0 Å². The van der Waals surface area contributed by atoms with Gasteiger partial charge in [-0.15, -0.1) is 0 Å². The number of hydrogen-bond donors (Lipinski definition) is 2. The molecular formula is C12H15BrN2O2. The SMILES string of the molecule is Nc1cc(CO)cc(N2CC(CBr)CC2=O)c1. The van der Waals surface area contributed by atoms with Crippen LogP contribution in [0.5, 0.6) is 0 Å². The molecule has 0 aromatic heterocycles. The Bertz CT molecular complexity index is 437. The minimum atomic E-state index is -0.0675. The van der Waals surface area contributed by atoms with Gasteiger partial charge in [-0.2, -0.15) is 0 Å². The average Bonchev–Trinajstić information content (AvgIpc) is 2.69. The van der Waals surface area contributed by atoms with E-state index in [9.17, 15) is 4.79 Å². The lowest BCUT2D eigenvalue weighted by Gasteiger charge is -2.18. The van der Waals surface area contributed by atoms with E-state index in [2.05, 4.69) is 15.9 Å². The van der Waals surface area contributed by atoms with Gasteiger partial charge in [-0.25, -0.2) is 0 Å². The van der Waals surface area contributed by atoms with Crippen LogP contribution in [-0.2, 0) is 11.4 Å². The molecule has 5 heteroatoms. The molecule has 1 amide bonds. The third kappa shape index (κ3) is 2.61. The molecule has 1 fully saturated rings. The van der Waals surface area contributed by atoms with Crippen LogP contribution in [0.3, 0.4) is 0 Å². The molecule has 1 atom stereocenters. The number of carbonyl (C=O) groups is 1. The molecular weight excluding hydrogens is 284 g/mol. The fourth-order valence-corrected chi connectivity index (χ4v) is 2.52. The monoisotopic (exact) mass is 298 g/mol. The van der Waals surface area contributed by atoms with Gasteiger partial charge in [0, 0.05) is 29.7 Å². The molecule has 2 rings (SSSR count). The summed E-state index contributed by atoms with van der Waals surface area (Å²) in [5.41, 5.74) is 7.84. The molecule has 1 heterocycles. The van der Waals surface area contributed by atoms with Crippen LogP contribution < -0.4 is 10.6 Å². The highest BCUT2D eigenvalue weighted by Crippen LogP contribution is 2.28. The third-order valence-electron chi connectivity index (χ3n) is 2.92. The maximum atomic E-state index is 11.9. The number of benzene rings is 1. The van der Waals surface area contributed by atoms with Crippen LogP contribution in [0.25, 0.3) is 0 Å². The number of amides is 1. The van der Waals surface area contributed by atoms with Crippen molar-refractivity contribution in [2.24, 2.45) is 5.92 Å². The number of rotatable bonds is 3. The third-order valence-corrected chi connectivity index (χ3v) is 3.83. The molecule has 1 aliphatic heterocycles. The fourth-order valence-electron chi connectivity index (χ4n) is 2.08. The number of halogens is 1. The van der Waals surface area contributed by atoms with Crippen LogP contribution >= 0.6 is 15.9 Å². The second-order valence-electron chi connectivity index (χ2n) is 4.32. The van der Waals surface area contributed by atoms with E-state index in [1.54, 1.807) is 17.0 Å². The van der Waals surface area contributed by atoms with Gasteiger partial charge >= 0.3 is 0 Å². The van der Waals surface area contributed by atoms with Crippen LogP contribution in [0, 0.1) is 5.92 Å². The normalized spacial score (nSPS) is 20.0. The first-order valence-electron chi connectivity index (χ1n) is 5.50. The number of anilines is 2. The van der Waals surface area contributed by atoms with Crippen molar-refractivity contribution >= 4 is 33.2 Å². The van der Waals surface area contributed by atoms with Crippen LogP contribution in [0.4, 0.5) is 11.4 Å². The molecule has 0 bridgehead atoms. The van der Waals surface area contributed by atoms with Gasteiger partial charge in [-0.05, 0) is 29.7 Å². The minimum absolute atomic E-state index is 0.0675. The molecule has 0 aliphatic carbocycles. The van der Waals surface area contributed by atoms with Crippen molar-refractivity contribution < 1.29 is 9.90 Å². The van der Waals surface area contributed by atoms with E-state index in [1.165, 1.54) is 0 Å². The lowest BCUT2D eigenvalue weighted by Crippen LogP contribution is -2.24. The molecule has 1 aromatic rings. The fraction of sp³-hybridized carbons (Fsp3) is 0.417. The van der Waals surface area contributed by atoms with Crippen LogP contribution in [0.1, 0.15) is 12.0 Å². The molecule has 3 N–H and O–H groups in total. The zero-order valence-corrected chi connectivity index (χ0v) is 11.0. The van der Waals surface area contributed by atoms with E-state index in [4.69, 9.17) is 10.8 Å². The van der Waals surface area contributed by atoms with Crippen molar-refractivity contribution in [2.75, 3.05) is 22.5 Å². The van der Waals surface area contributed by atoms with Crippen LogP contribution in [-0.4, -0.2) is 22.9 Å². The smallest absolute Gasteiger partial charge is 0.227 e. The Kier molecular flexibility index (Phi) is 3.69. The summed E-state index contributed by atoms with van der Waals surface area (Å²) in [7, 11) is 0. The summed E-state index contributed by atoms with van der Waals surface area (Å²) in [5, 5.41) is 9.95. The number of nitrogens with zero attached hydrogens (tertiary/aromatic N) is 1. The number of carbonyl (C=O) groups excluding carboxylic acids is 1. The Balaban J connectivity index is 2.28. The first-order valence-corrected chi connectivity index (χ1v) is 6.63. The second-order valence-corrected chi connectivity index (χ2v) is 4.97. The van der Waals surface area contributed by atoms with E-state index in [1.807, 2.05) is 6.07 Å². The first-order chi connectivity index (χ1) is 8.13. The van der Waals surface area contributed by atoms with Gasteiger partial charge in [0.05, 0.1) is 6.61 Å². The number of nitrogen functional groups attached to an aromatic ring is 1. The van der Waals surface area contributed by atoms with Gasteiger partial charge in [0.15, 0.2) is 0 Å². The van der Waals surface area contributed by atoms with Crippen molar-refractivity contribution in [3.8, 4) is 0 Å². The van der Waals surface area contributed by atoms with Gasteiger partial charge in [-0.3, -0.25) is 4.79 Å². The number of nitrogens with two attached hydrogens (primary N) is 1. The largest absolute Gasteiger partial charge is 0.399 e. The summed E-state index contributed by atoms with van der Waals surface area (Å²) < 4.78 is 0. The topological polar surface area (TPSA) is 66.6 Å². The highest BCUT2D eigenvalue weighted by molar-refractivity contribution is 9.09. The van der Waals surface area contributed by atoms with Crippen molar-refractivity contribution in [2.45, 2.75) is 13.0 Å². The summed E-state index contributed by atoms with van der Waals surface area (Å²) in [6.45, 7) is 0.639. The summed E-state index contributed by atoms with van der Waals surface area (Å²) in [5.74, 6) is 0.463. The van der Waals surface area contributed by atoms with Crippen molar-refractivity contribution in [3.63, 3.8) is 0 Å². The first kappa shape index (κ1) is 12.4. The maximum Gasteiger partial charge on any atom is 0.227 e. The van der Waals surface area contributed by atoms with Gasteiger partial charge in [-0.1, -0.05) is 15.9 Å². The Morgan fingerprint density at radius 2 is 2.24 bits per heavy atom. The quantitative estimate of drug-likeness (QED) is 0.657. The Labute approximate surface area is 109 Å². The molecule has 0 spiro atoms. The zero-order valence-electron chi connectivity index (χ0n) is 9.40. The average molecular weight is 299 g/mol. The van der Waals surface area contributed by atoms with E-state index in [0.29, 0.717) is 24.6 Å². The summed E-state index contributed by atoms with van der Waals surface area (Å²) in [6.07, 6.45) is 0.564. The Morgan fingerprint density at radius 3 is 2.82 bits per heavy atom. The predicted molar refractivity (Wildman–Crippen MR) is 71.0 cm³/mol. The van der Waals surface area contributed by atoms with Gasteiger partial charge in [0.2, 0.25) is 5.91 Å². The molecule has 0 saturated carbocycles. The van der Waals surface area contributed by atoms with Gasteiger partial charge in [0.1, 0.15) is 0 Å². The number of hydrogen-bond acceptors (Lipinski definition) is 3. The lowest BCUT2D eigenvalue weighted by molar-refractivity contribution is -0.117. The summed E-state index contributed by atoms with van der Waals surface area (Å²) >= 11 is 3.40. The maximum absolute atomic E-state index is 11.9. The Hall–Kier alpha value is -1.07. The molecule has 1 unspecified atom stereocenters. The zero-order chi connectivity index (χ0) is 12.4. The Morgan fingerprint density at radius 1 is 1.47 bits per heavy atom. The molecule has 4 nitrogen and oxygen atoms in total. The molecule has 1 saturated heterocycles. The molecule has 1 aromatic carbocycles. The predicted octanol–water partition coefficient (Wildman–Crippen LogP) is 1.51. The number of alkyl halides is 1. The molecule has 0 radical (unpaired) electrons. The number of aliphatic hydroxyl groups excluding tert-OH is 1. The number of aliphatic hydroxyl groups is 1. The molecule has 1 aliphatic rings. The van der Waals surface area contributed by atoms with Crippen molar-refractivity contribution in [1.29, 1.82) is 0 Å². The molecule has 17 heavy (non-hydrogen) atoms.